The van der Waals surface area contributed by atoms with E-state index >= 15 is 0 Å². The number of anilines is 3. The van der Waals surface area contributed by atoms with Crippen molar-refractivity contribution in [1.82, 2.24) is 29.3 Å². The summed E-state index contributed by atoms with van der Waals surface area (Å²) in [6.45, 7) is 5.62. The van der Waals surface area contributed by atoms with E-state index in [2.05, 4.69) is 50.3 Å². The predicted octanol–water partition coefficient (Wildman–Crippen LogP) is 2.27. The Kier molecular flexibility index (Phi) is 6.39. The van der Waals surface area contributed by atoms with E-state index in [0.29, 0.717) is 12.0 Å². The third-order valence-corrected chi connectivity index (χ3v) is 7.25. The molecule has 1 N–H and O–H groups in total. The highest BCUT2D eigenvalue weighted by Gasteiger charge is 2.21. The molecule has 11 heteroatoms. The molecule has 2 fully saturated rings. The van der Waals surface area contributed by atoms with Gasteiger partial charge in [0.1, 0.15) is 18.5 Å². The number of fused-ring (bicyclic) bond motifs is 1. The number of rotatable bonds is 6. The molecule has 0 atom stereocenters. The fraction of sp³-hybridized carbons (Fsp3) is 0.462. The molecule has 37 heavy (non-hydrogen) atoms. The highest BCUT2D eigenvalue weighted by atomic mass is 16.5. The first-order valence-corrected chi connectivity index (χ1v) is 12.8. The van der Waals surface area contributed by atoms with Crippen LogP contribution < -0.4 is 19.5 Å². The van der Waals surface area contributed by atoms with Crippen molar-refractivity contribution in [2.24, 2.45) is 7.05 Å². The van der Waals surface area contributed by atoms with Crippen LogP contribution in [0.2, 0.25) is 0 Å². The lowest BCUT2D eigenvalue weighted by Crippen LogP contribution is -2.44. The Hall–Kier alpha value is -3.70. The molecule has 5 heterocycles. The third kappa shape index (κ3) is 4.84. The molecule has 2 saturated heterocycles. The van der Waals surface area contributed by atoms with Crippen molar-refractivity contribution >= 4 is 23.0 Å². The number of piperazine rings is 1. The fourth-order valence-corrected chi connectivity index (χ4v) is 5.11. The molecule has 0 saturated carbocycles. The number of nitrogens with one attached hydrogen (secondary N) is 1. The van der Waals surface area contributed by atoms with Gasteiger partial charge >= 0.3 is 0 Å². The minimum absolute atomic E-state index is 0.368. The first-order chi connectivity index (χ1) is 18.1. The highest BCUT2D eigenvalue weighted by Crippen LogP contribution is 2.33. The van der Waals surface area contributed by atoms with E-state index in [-0.39, 0.29) is 0 Å². The number of hydrogen-bond acceptors (Lipinski definition) is 8. The van der Waals surface area contributed by atoms with E-state index in [9.17, 15) is 0 Å². The maximum Gasteiger partial charge on any atom is 0.247 e. The zero-order valence-electron chi connectivity index (χ0n) is 21.7. The summed E-state index contributed by atoms with van der Waals surface area (Å²) in [4.78, 5) is 9.47. The van der Waals surface area contributed by atoms with E-state index in [1.807, 2.05) is 40.8 Å². The number of likely N-dealkylation sites (N-methyl/N-ethyl adjacent to an activating group) is 1. The second-order valence-electron chi connectivity index (χ2n) is 9.87. The second kappa shape index (κ2) is 9.98. The first-order valence-electron chi connectivity index (χ1n) is 12.8. The van der Waals surface area contributed by atoms with Gasteiger partial charge in [0.25, 0.3) is 0 Å². The van der Waals surface area contributed by atoms with Crippen LogP contribution in [-0.4, -0.2) is 82.8 Å². The van der Waals surface area contributed by atoms with Crippen molar-refractivity contribution in [3.05, 3.63) is 43.0 Å². The summed E-state index contributed by atoms with van der Waals surface area (Å²) >= 11 is 0. The largest absolute Gasteiger partial charge is 0.495 e. The average Bonchev–Trinajstić information content (AvgIpc) is 3.56. The first kappa shape index (κ1) is 23.7. The summed E-state index contributed by atoms with van der Waals surface area (Å²) in [5.74, 6) is 1.37. The second-order valence-corrected chi connectivity index (χ2v) is 9.87. The summed E-state index contributed by atoms with van der Waals surface area (Å²) in [5.41, 5.74) is 4.68. The Labute approximate surface area is 216 Å². The van der Waals surface area contributed by atoms with E-state index in [0.717, 1.165) is 86.3 Å². The summed E-state index contributed by atoms with van der Waals surface area (Å²) in [6, 6.07) is 6.55. The molecule has 2 aliphatic rings. The van der Waals surface area contributed by atoms with Crippen LogP contribution in [-0.2, 0) is 11.8 Å². The number of ether oxygens (including phenoxy) is 2. The van der Waals surface area contributed by atoms with Crippen LogP contribution in [0.4, 0.5) is 17.3 Å². The Morgan fingerprint density at radius 3 is 2.70 bits per heavy atom. The van der Waals surface area contributed by atoms with Crippen molar-refractivity contribution in [1.29, 1.82) is 0 Å². The van der Waals surface area contributed by atoms with Crippen LogP contribution in [0.15, 0.2) is 43.0 Å². The zero-order valence-corrected chi connectivity index (χ0v) is 21.7. The van der Waals surface area contributed by atoms with Crippen molar-refractivity contribution in [2.45, 2.75) is 18.9 Å². The van der Waals surface area contributed by atoms with Crippen LogP contribution >= 0.6 is 0 Å². The average molecular weight is 505 g/mol. The van der Waals surface area contributed by atoms with Crippen molar-refractivity contribution in [3.8, 4) is 17.0 Å². The summed E-state index contributed by atoms with van der Waals surface area (Å²) in [5, 5.41) is 12.8. The number of benzene rings is 1. The van der Waals surface area contributed by atoms with Gasteiger partial charge in [-0.1, -0.05) is 0 Å². The number of nitrogens with zero attached hydrogens (tertiary/aromatic N) is 8. The molecule has 2 aliphatic heterocycles. The lowest BCUT2D eigenvalue weighted by molar-refractivity contribution is -0.670. The minimum Gasteiger partial charge on any atom is -0.495 e. The monoisotopic (exact) mass is 504 g/mol. The van der Waals surface area contributed by atoms with Crippen LogP contribution in [0.3, 0.4) is 0 Å². The molecule has 0 bridgehead atoms. The van der Waals surface area contributed by atoms with Crippen molar-refractivity contribution in [2.75, 3.05) is 63.8 Å². The summed E-state index contributed by atoms with van der Waals surface area (Å²) in [7, 11) is 5.87. The smallest absolute Gasteiger partial charge is 0.247 e. The molecule has 194 valence electrons. The topological polar surface area (TPSA) is 88.9 Å². The van der Waals surface area contributed by atoms with Gasteiger partial charge in [-0.05, 0) is 32.0 Å². The van der Waals surface area contributed by atoms with E-state index in [1.165, 1.54) is 0 Å². The standard InChI is InChI=1S/C26H34N9O2/c1-31-8-10-33(11-9-31)22-5-4-20(14-24(22)36-3)28-26-29-25-18-32(2)17-23(35(25)30-26)19-15-27-34(16-19)21-6-12-37-13-7-21/h4-5,14-18,21H,6-13H2,1-3H3,(H,28,29,30)/q+1. The molecule has 0 unspecified atom stereocenters. The predicted molar refractivity (Wildman–Crippen MR) is 140 cm³/mol. The molecule has 0 radical (unpaired) electrons. The van der Waals surface area contributed by atoms with Crippen molar-refractivity contribution in [3.63, 3.8) is 0 Å². The SMILES string of the molecule is COc1cc(Nc2nc3c[n+](C)cc(-c4cnn(C5CCOCC5)c4)n3n2)ccc1N1CCN(C)CC1. The Morgan fingerprint density at radius 2 is 1.92 bits per heavy atom. The Balaban J connectivity index is 1.27. The van der Waals surface area contributed by atoms with Gasteiger partial charge in [0.15, 0.2) is 6.20 Å². The fourth-order valence-electron chi connectivity index (χ4n) is 5.11. The number of aryl methyl sites for hydroxylation is 1. The minimum atomic E-state index is 0.368. The number of aromatic nitrogens is 6. The molecule has 4 aromatic rings. The molecule has 0 aliphatic carbocycles. The van der Waals surface area contributed by atoms with Gasteiger partial charge in [-0.3, -0.25) is 4.68 Å². The van der Waals surface area contributed by atoms with Gasteiger partial charge in [0.05, 0.1) is 25.0 Å². The molecule has 3 aromatic heterocycles. The lowest BCUT2D eigenvalue weighted by atomic mass is 10.1. The number of hydrogen-bond donors (Lipinski definition) is 1. The van der Waals surface area contributed by atoms with E-state index in [1.54, 1.807) is 7.11 Å². The molecular formula is C26H34N9O2+. The lowest BCUT2D eigenvalue weighted by Gasteiger charge is -2.34. The maximum atomic E-state index is 5.75. The Morgan fingerprint density at radius 1 is 1.11 bits per heavy atom. The van der Waals surface area contributed by atoms with Crippen LogP contribution in [0.5, 0.6) is 5.75 Å². The van der Waals surface area contributed by atoms with Gasteiger partial charge in [-0.25, -0.2) is 4.57 Å². The highest BCUT2D eigenvalue weighted by molar-refractivity contribution is 5.68. The number of methoxy groups -OCH3 is 1. The van der Waals surface area contributed by atoms with Crippen molar-refractivity contribution < 1.29 is 14.0 Å². The van der Waals surface area contributed by atoms with Gasteiger partial charge in [0, 0.05) is 62.9 Å². The van der Waals surface area contributed by atoms with Crippen LogP contribution in [0, 0.1) is 0 Å². The summed E-state index contributed by atoms with van der Waals surface area (Å²) in [6.07, 6.45) is 9.97. The molecular weight excluding hydrogens is 470 g/mol. The summed E-state index contributed by atoms with van der Waals surface area (Å²) < 4.78 is 17.2. The maximum absolute atomic E-state index is 5.75. The normalized spacial score (nSPS) is 17.4. The molecule has 0 amide bonds. The van der Waals surface area contributed by atoms with Gasteiger partial charge in [0.2, 0.25) is 17.8 Å². The third-order valence-electron chi connectivity index (χ3n) is 7.25. The quantitative estimate of drug-likeness (QED) is 0.400. The van der Waals surface area contributed by atoms with E-state index in [4.69, 9.17) is 19.6 Å². The van der Waals surface area contributed by atoms with Gasteiger partial charge in [-0.2, -0.15) is 14.6 Å². The van der Waals surface area contributed by atoms with Gasteiger partial charge in [-0.15, -0.1) is 5.10 Å². The molecule has 0 spiro atoms. The van der Waals surface area contributed by atoms with Crippen LogP contribution in [0.25, 0.3) is 16.9 Å². The molecule has 11 nitrogen and oxygen atoms in total. The van der Waals surface area contributed by atoms with Crippen LogP contribution in [0.1, 0.15) is 18.9 Å². The van der Waals surface area contributed by atoms with Gasteiger partial charge < -0.3 is 24.6 Å². The zero-order chi connectivity index (χ0) is 25.4. The van der Waals surface area contributed by atoms with E-state index < -0.39 is 0 Å². The molecule has 6 rings (SSSR count). The molecule has 1 aromatic carbocycles. The Bertz CT molecular complexity index is 1380.